The first-order chi connectivity index (χ1) is 20.6. The van der Waals surface area contributed by atoms with Crippen LogP contribution in [-0.4, -0.2) is 50.0 Å². The SMILES string of the molecule is Cc1ccoc1C(=O)Nc1cccc(C#Cc2cncc(C(=O)NS(=O)(=CCCNC(C)C(=O)O)c3ccccc3)c2)c1. The van der Waals surface area contributed by atoms with Crippen molar-refractivity contribution in [1.82, 2.24) is 15.0 Å². The van der Waals surface area contributed by atoms with E-state index >= 15 is 0 Å². The van der Waals surface area contributed by atoms with Crippen LogP contribution >= 0.6 is 0 Å². The van der Waals surface area contributed by atoms with Crippen molar-refractivity contribution >= 4 is 38.5 Å². The number of nitrogens with zero attached hydrogens (tertiary/aromatic N) is 1. The van der Waals surface area contributed by atoms with Gasteiger partial charge in [0.1, 0.15) is 6.04 Å². The van der Waals surface area contributed by atoms with Gasteiger partial charge in [-0.25, -0.2) is 4.21 Å². The van der Waals surface area contributed by atoms with Gasteiger partial charge < -0.3 is 20.2 Å². The van der Waals surface area contributed by atoms with Crippen molar-refractivity contribution in [2.75, 3.05) is 11.9 Å². The second-order valence-corrected chi connectivity index (χ2v) is 11.7. The summed E-state index contributed by atoms with van der Waals surface area (Å²) in [4.78, 5) is 41.3. The topological polar surface area (TPSA) is 151 Å². The van der Waals surface area contributed by atoms with Gasteiger partial charge in [-0.2, -0.15) is 0 Å². The molecule has 0 bridgehead atoms. The van der Waals surface area contributed by atoms with Gasteiger partial charge in [-0.15, -0.1) is 0 Å². The monoisotopic (exact) mass is 598 g/mol. The summed E-state index contributed by atoms with van der Waals surface area (Å²) < 4.78 is 21.8. The first-order valence-corrected chi connectivity index (χ1v) is 14.9. The molecule has 4 rings (SSSR count). The number of nitrogens with one attached hydrogen (secondary N) is 3. The van der Waals surface area contributed by atoms with Crippen molar-refractivity contribution < 1.29 is 28.1 Å². The van der Waals surface area contributed by atoms with Crippen molar-refractivity contribution in [2.24, 2.45) is 0 Å². The number of hydrogen-bond donors (Lipinski definition) is 4. The Morgan fingerprint density at radius 3 is 2.49 bits per heavy atom. The molecular formula is C32H30N4O6S. The van der Waals surface area contributed by atoms with E-state index < -0.39 is 27.6 Å². The third kappa shape index (κ3) is 8.42. The number of furan rings is 1. The standard InChI is InChI=1S/C32H30N4O6S/c1-22-14-16-42-29(22)31(38)35-27-9-6-8-24(19-27)12-13-25-18-26(21-33-20-25)30(37)36-43(41,28-10-4-3-5-11-28)17-7-15-34-23(2)32(39)40/h3-6,8-11,14,16-21,23,34H,7,15H2,1-2H3,(H,35,38)(H,39,40)(H,36,37,41). The molecule has 4 aromatic rings. The largest absolute Gasteiger partial charge is 0.480 e. The van der Waals surface area contributed by atoms with Crippen LogP contribution in [-0.2, 0) is 14.5 Å². The maximum Gasteiger partial charge on any atom is 0.320 e. The summed E-state index contributed by atoms with van der Waals surface area (Å²) in [5.74, 6) is 4.24. The number of pyridine rings is 1. The van der Waals surface area contributed by atoms with E-state index in [4.69, 9.17) is 9.52 Å². The van der Waals surface area contributed by atoms with Gasteiger partial charge in [-0.3, -0.25) is 24.1 Å². The number of amides is 2. The minimum atomic E-state index is -3.15. The van der Waals surface area contributed by atoms with E-state index in [9.17, 15) is 18.6 Å². The zero-order valence-electron chi connectivity index (χ0n) is 23.5. The Labute approximate surface area is 249 Å². The Bertz CT molecular complexity index is 1810. The molecule has 2 amide bonds. The molecule has 0 aliphatic carbocycles. The van der Waals surface area contributed by atoms with Gasteiger partial charge in [-0.05, 0) is 68.1 Å². The fourth-order valence-electron chi connectivity index (χ4n) is 3.87. The molecule has 0 saturated carbocycles. The Kier molecular flexibility index (Phi) is 10.1. The van der Waals surface area contributed by atoms with E-state index in [0.29, 0.717) is 21.7 Å². The molecule has 11 heteroatoms. The molecule has 2 aromatic heterocycles. The van der Waals surface area contributed by atoms with Crippen LogP contribution in [0.15, 0.2) is 94.7 Å². The quantitative estimate of drug-likeness (QED) is 0.122. The molecular weight excluding hydrogens is 568 g/mol. The maximum atomic E-state index is 13.9. The third-order valence-electron chi connectivity index (χ3n) is 6.20. The first kappa shape index (κ1) is 30.8. The number of aliphatic carboxylic acids is 1. The van der Waals surface area contributed by atoms with Crippen LogP contribution in [0.4, 0.5) is 5.69 Å². The lowest BCUT2D eigenvalue weighted by Gasteiger charge is -2.14. The molecule has 2 aromatic carbocycles. The molecule has 2 atom stereocenters. The molecule has 10 nitrogen and oxygen atoms in total. The number of carbonyl (C=O) groups is 3. The highest BCUT2D eigenvalue weighted by Gasteiger charge is 2.17. The molecule has 2 heterocycles. The van der Waals surface area contributed by atoms with E-state index in [1.54, 1.807) is 73.7 Å². The van der Waals surface area contributed by atoms with Gasteiger partial charge in [0.25, 0.3) is 11.8 Å². The van der Waals surface area contributed by atoms with E-state index in [-0.39, 0.29) is 30.2 Å². The zero-order chi connectivity index (χ0) is 30.8. The number of carboxylic acids is 1. The van der Waals surface area contributed by atoms with Crippen LogP contribution in [0.5, 0.6) is 0 Å². The second kappa shape index (κ2) is 14.1. The minimum Gasteiger partial charge on any atom is -0.480 e. The number of carbonyl (C=O) groups excluding carboxylic acids is 2. The minimum absolute atomic E-state index is 0.163. The number of benzene rings is 2. The average molecular weight is 599 g/mol. The van der Waals surface area contributed by atoms with E-state index in [1.165, 1.54) is 30.9 Å². The van der Waals surface area contributed by atoms with Crippen LogP contribution < -0.4 is 15.4 Å². The molecule has 4 N–H and O–H groups in total. The summed E-state index contributed by atoms with van der Waals surface area (Å²) in [6, 6.07) is 18.0. The van der Waals surface area contributed by atoms with Gasteiger partial charge in [0, 0.05) is 46.2 Å². The number of carboxylic acid groups (broad SMARTS) is 1. The predicted molar refractivity (Wildman–Crippen MR) is 164 cm³/mol. The fraction of sp³-hybridized carbons (Fsp3) is 0.156. The number of anilines is 1. The highest BCUT2D eigenvalue weighted by Crippen LogP contribution is 2.15. The highest BCUT2D eigenvalue weighted by molar-refractivity contribution is 8.00. The third-order valence-corrected chi connectivity index (χ3v) is 8.36. The van der Waals surface area contributed by atoms with Crippen molar-refractivity contribution in [3.05, 3.63) is 113 Å². The number of aryl methyl sites for hydroxylation is 1. The summed E-state index contributed by atoms with van der Waals surface area (Å²) in [7, 11) is -3.15. The molecule has 0 aliphatic rings. The van der Waals surface area contributed by atoms with Crippen molar-refractivity contribution in [3.8, 4) is 11.8 Å². The van der Waals surface area contributed by atoms with Crippen LogP contribution in [0.25, 0.3) is 0 Å². The van der Waals surface area contributed by atoms with Crippen LogP contribution in [0, 0.1) is 18.8 Å². The maximum absolute atomic E-state index is 13.9. The normalized spacial score (nSPS) is 12.6. The molecule has 0 spiro atoms. The summed E-state index contributed by atoms with van der Waals surface area (Å²) in [6.07, 6.45) is 4.56. The Morgan fingerprint density at radius 2 is 1.77 bits per heavy atom. The Hall–Kier alpha value is -5.18. The van der Waals surface area contributed by atoms with Crippen LogP contribution in [0.3, 0.4) is 0 Å². The van der Waals surface area contributed by atoms with Crippen molar-refractivity contribution in [1.29, 1.82) is 0 Å². The average Bonchev–Trinajstić information content (AvgIpc) is 3.45. The van der Waals surface area contributed by atoms with Crippen LogP contribution in [0.2, 0.25) is 0 Å². The van der Waals surface area contributed by atoms with Gasteiger partial charge in [-0.1, -0.05) is 36.1 Å². The summed E-state index contributed by atoms with van der Waals surface area (Å²) in [5, 5.41) is 16.2. The smallest absolute Gasteiger partial charge is 0.320 e. The van der Waals surface area contributed by atoms with Crippen molar-refractivity contribution in [2.45, 2.75) is 31.2 Å². The lowest BCUT2D eigenvalue weighted by molar-refractivity contribution is -0.138. The lowest BCUT2D eigenvalue weighted by Crippen LogP contribution is -2.36. The van der Waals surface area contributed by atoms with Gasteiger partial charge in [0.2, 0.25) is 0 Å². The summed E-state index contributed by atoms with van der Waals surface area (Å²) >= 11 is 0. The molecule has 0 saturated heterocycles. The number of rotatable bonds is 10. The summed E-state index contributed by atoms with van der Waals surface area (Å²) in [6.45, 7) is 3.55. The molecule has 220 valence electrons. The van der Waals surface area contributed by atoms with E-state index in [1.807, 2.05) is 0 Å². The summed E-state index contributed by atoms with van der Waals surface area (Å²) in [5.41, 5.74) is 2.51. The second-order valence-electron chi connectivity index (χ2n) is 9.49. The lowest BCUT2D eigenvalue weighted by atomic mass is 10.1. The molecule has 0 aliphatic heterocycles. The molecule has 0 radical (unpaired) electrons. The molecule has 43 heavy (non-hydrogen) atoms. The Balaban J connectivity index is 1.49. The van der Waals surface area contributed by atoms with E-state index in [2.05, 4.69) is 32.2 Å². The van der Waals surface area contributed by atoms with Gasteiger partial charge in [0.15, 0.2) is 5.76 Å². The Morgan fingerprint density at radius 1 is 1.00 bits per heavy atom. The fourth-order valence-corrected chi connectivity index (χ4v) is 5.67. The molecule has 0 fully saturated rings. The highest BCUT2D eigenvalue weighted by atomic mass is 32.2. The molecule has 2 unspecified atom stereocenters. The van der Waals surface area contributed by atoms with Gasteiger partial charge >= 0.3 is 5.97 Å². The van der Waals surface area contributed by atoms with Crippen LogP contribution in [0.1, 0.15) is 50.9 Å². The number of hydrogen-bond acceptors (Lipinski definition) is 7. The van der Waals surface area contributed by atoms with Crippen molar-refractivity contribution in [3.63, 3.8) is 0 Å². The number of aromatic nitrogens is 1. The zero-order valence-corrected chi connectivity index (χ0v) is 24.3. The van der Waals surface area contributed by atoms with Gasteiger partial charge in [0.05, 0.1) is 21.5 Å². The first-order valence-electron chi connectivity index (χ1n) is 13.3. The predicted octanol–water partition coefficient (Wildman–Crippen LogP) is 3.88. The van der Waals surface area contributed by atoms with E-state index in [0.717, 1.165) is 5.56 Å².